The van der Waals surface area contributed by atoms with Crippen molar-refractivity contribution in [3.63, 3.8) is 0 Å². The molecule has 0 rings (SSSR count). The maximum Gasteiger partial charge on any atom is 0.0431 e. The molecule has 1 nitrogen and oxygen atoms in total. The van der Waals surface area contributed by atoms with E-state index in [4.69, 9.17) is 5.11 Å². The van der Waals surface area contributed by atoms with Gasteiger partial charge in [0.2, 0.25) is 0 Å². The van der Waals surface area contributed by atoms with Crippen LogP contribution in [0.2, 0.25) is 0 Å². The summed E-state index contributed by atoms with van der Waals surface area (Å²) in [6.45, 7) is 2.53. The Morgan fingerprint density at radius 2 is 1.75 bits per heavy atom. The Balaban J connectivity index is 0. The summed E-state index contributed by atoms with van der Waals surface area (Å²) in [6.07, 6.45) is 4.68. The molecular formula is C6H15IO. The van der Waals surface area contributed by atoms with Crippen molar-refractivity contribution in [2.45, 2.75) is 32.6 Å². The van der Waals surface area contributed by atoms with Crippen molar-refractivity contribution in [2.75, 3.05) is 6.61 Å². The van der Waals surface area contributed by atoms with Gasteiger partial charge in [-0.15, -0.1) is 24.0 Å². The lowest BCUT2D eigenvalue weighted by Gasteiger charge is -1.90. The molecule has 0 aromatic rings. The first kappa shape index (κ1) is 11.5. The number of rotatable bonds is 4. The quantitative estimate of drug-likeness (QED) is 0.579. The van der Waals surface area contributed by atoms with Crippen molar-refractivity contribution < 1.29 is 5.11 Å². The van der Waals surface area contributed by atoms with Crippen LogP contribution in [0.25, 0.3) is 0 Å². The fraction of sp³-hybridized carbons (Fsp3) is 1.00. The summed E-state index contributed by atoms with van der Waals surface area (Å²) in [7, 11) is 0. The summed E-state index contributed by atoms with van der Waals surface area (Å²) in [4.78, 5) is 0. The van der Waals surface area contributed by atoms with Gasteiger partial charge in [0.1, 0.15) is 0 Å². The molecule has 0 fully saturated rings. The van der Waals surface area contributed by atoms with Gasteiger partial charge in [0.05, 0.1) is 0 Å². The van der Waals surface area contributed by atoms with E-state index < -0.39 is 0 Å². The first-order valence-corrected chi connectivity index (χ1v) is 3.02. The minimum atomic E-state index is 0. The minimum absolute atomic E-state index is 0. The van der Waals surface area contributed by atoms with Gasteiger partial charge in [0.25, 0.3) is 0 Å². The summed E-state index contributed by atoms with van der Waals surface area (Å²) >= 11 is 0. The highest BCUT2D eigenvalue weighted by Gasteiger charge is 1.80. The van der Waals surface area contributed by atoms with Crippen LogP contribution in [-0.4, -0.2) is 11.7 Å². The number of halogens is 1. The molecule has 1 N–H and O–H groups in total. The minimum Gasteiger partial charge on any atom is -0.396 e. The predicted octanol–water partition coefficient (Wildman–Crippen LogP) is 2.18. The Kier molecular flexibility index (Phi) is 15.3. The van der Waals surface area contributed by atoms with Crippen molar-refractivity contribution >= 4 is 24.0 Å². The molecule has 0 atom stereocenters. The number of unbranched alkanes of at least 4 members (excludes halogenated alkanes) is 3. The molecule has 0 aromatic carbocycles. The average molecular weight is 230 g/mol. The smallest absolute Gasteiger partial charge is 0.0431 e. The fourth-order valence-electron chi connectivity index (χ4n) is 0.539. The van der Waals surface area contributed by atoms with Gasteiger partial charge in [-0.2, -0.15) is 0 Å². The van der Waals surface area contributed by atoms with Crippen LogP contribution < -0.4 is 0 Å². The molecule has 0 aliphatic carbocycles. The van der Waals surface area contributed by atoms with E-state index in [0.717, 1.165) is 6.42 Å². The zero-order chi connectivity index (χ0) is 5.54. The van der Waals surface area contributed by atoms with Gasteiger partial charge in [-0.05, 0) is 6.42 Å². The molecule has 0 unspecified atom stereocenters. The van der Waals surface area contributed by atoms with Crippen molar-refractivity contribution in [3.05, 3.63) is 0 Å². The van der Waals surface area contributed by atoms with Gasteiger partial charge in [-0.25, -0.2) is 0 Å². The molecule has 52 valence electrons. The zero-order valence-electron chi connectivity index (χ0n) is 5.39. The monoisotopic (exact) mass is 230 g/mol. The van der Waals surface area contributed by atoms with E-state index in [9.17, 15) is 0 Å². The standard InChI is InChI=1S/C6H14O.HI/c1-2-3-4-5-6-7;/h7H,2-6H2,1H3;1H. The molecule has 0 aromatic heterocycles. The highest BCUT2D eigenvalue weighted by atomic mass is 127. The number of aliphatic hydroxyl groups excluding tert-OH is 1. The second kappa shape index (κ2) is 10.6. The third kappa shape index (κ3) is 9.85. The number of hydrogen-bond donors (Lipinski definition) is 1. The Hall–Kier alpha value is 0.690. The van der Waals surface area contributed by atoms with Crippen LogP contribution in [0, 0.1) is 0 Å². The Morgan fingerprint density at radius 3 is 2.12 bits per heavy atom. The fourth-order valence-corrected chi connectivity index (χ4v) is 0.539. The third-order valence-corrected chi connectivity index (χ3v) is 1.01. The van der Waals surface area contributed by atoms with E-state index >= 15 is 0 Å². The van der Waals surface area contributed by atoms with Crippen LogP contribution in [0.4, 0.5) is 0 Å². The van der Waals surface area contributed by atoms with Crippen molar-refractivity contribution in [2.24, 2.45) is 0 Å². The molecule has 0 saturated carbocycles. The van der Waals surface area contributed by atoms with Crippen LogP contribution in [0.15, 0.2) is 0 Å². The lowest BCUT2D eigenvalue weighted by atomic mass is 10.2. The largest absolute Gasteiger partial charge is 0.396 e. The zero-order valence-corrected chi connectivity index (χ0v) is 7.72. The Labute approximate surface area is 68.5 Å². The number of hydrogen-bond acceptors (Lipinski definition) is 1. The summed E-state index contributed by atoms with van der Waals surface area (Å²) < 4.78 is 0. The molecule has 8 heavy (non-hydrogen) atoms. The molecule has 0 saturated heterocycles. The highest BCUT2D eigenvalue weighted by molar-refractivity contribution is 14.0. The van der Waals surface area contributed by atoms with Gasteiger partial charge >= 0.3 is 0 Å². The van der Waals surface area contributed by atoms with E-state index in [1.54, 1.807) is 0 Å². The van der Waals surface area contributed by atoms with Gasteiger partial charge in [-0.3, -0.25) is 0 Å². The van der Waals surface area contributed by atoms with E-state index in [0.29, 0.717) is 6.61 Å². The van der Waals surface area contributed by atoms with Gasteiger partial charge in [-0.1, -0.05) is 26.2 Å². The average Bonchev–Trinajstić information content (AvgIpc) is 1.69. The number of aliphatic hydroxyl groups is 1. The van der Waals surface area contributed by atoms with Crippen LogP contribution >= 0.6 is 24.0 Å². The summed E-state index contributed by atoms with van der Waals surface area (Å²) in [6, 6.07) is 0. The topological polar surface area (TPSA) is 20.2 Å². The molecule has 0 amide bonds. The molecule has 0 radical (unpaired) electrons. The maximum atomic E-state index is 8.29. The summed E-state index contributed by atoms with van der Waals surface area (Å²) in [5, 5.41) is 8.29. The molecule has 0 spiro atoms. The van der Waals surface area contributed by atoms with Crippen molar-refractivity contribution in [3.8, 4) is 0 Å². The normalized spacial score (nSPS) is 8.25. The third-order valence-electron chi connectivity index (χ3n) is 1.01. The molecule has 0 heterocycles. The Morgan fingerprint density at radius 1 is 1.12 bits per heavy atom. The van der Waals surface area contributed by atoms with Crippen molar-refractivity contribution in [1.29, 1.82) is 0 Å². The van der Waals surface area contributed by atoms with Gasteiger partial charge in [0.15, 0.2) is 0 Å². The SMILES string of the molecule is CCCCCCO.I. The molecule has 0 aliphatic rings. The summed E-state index contributed by atoms with van der Waals surface area (Å²) in [5.74, 6) is 0. The molecule has 0 aliphatic heterocycles. The second-order valence-corrected chi connectivity index (χ2v) is 1.78. The lowest BCUT2D eigenvalue weighted by Crippen LogP contribution is -1.80. The van der Waals surface area contributed by atoms with Gasteiger partial charge in [0, 0.05) is 6.61 Å². The first-order chi connectivity index (χ1) is 3.41. The van der Waals surface area contributed by atoms with Crippen LogP contribution in [0.5, 0.6) is 0 Å². The van der Waals surface area contributed by atoms with Gasteiger partial charge < -0.3 is 5.11 Å². The highest BCUT2D eigenvalue weighted by Crippen LogP contribution is 1.95. The van der Waals surface area contributed by atoms with E-state index in [1.165, 1.54) is 19.3 Å². The molecular weight excluding hydrogens is 215 g/mol. The van der Waals surface area contributed by atoms with E-state index in [1.807, 2.05) is 0 Å². The van der Waals surface area contributed by atoms with Crippen LogP contribution in [-0.2, 0) is 0 Å². The molecule has 2 heteroatoms. The molecule has 0 bridgehead atoms. The maximum absolute atomic E-state index is 8.29. The van der Waals surface area contributed by atoms with E-state index in [2.05, 4.69) is 6.92 Å². The van der Waals surface area contributed by atoms with E-state index in [-0.39, 0.29) is 24.0 Å². The van der Waals surface area contributed by atoms with Crippen LogP contribution in [0.1, 0.15) is 32.6 Å². The lowest BCUT2D eigenvalue weighted by molar-refractivity contribution is 0.283. The summed E-state index contributed by atoms with van der Waals surface area (Å²) in [5.41, 5.74) is 0. The predicted molar refractivity (Wildman–Crippen MR) is 46.6 cm³/mol. The van der Waals surface area contributed by atoms with Crippen molar-refractivity contribution in [1.82, 2.24) is 0 Å². The first-order valence-electron chi connectivity index (χ1n) is 3.02. The van der Waals surface area contributed by atoms with Crippen LogP contribution in [0.3, 0.4) is 0 Å². The Bertz CT molecular complexity index is 27.7. The second-order valence-electron chi connectivity index (χ2n) is 1.78.